The molecular formula is C17H21N3O3. The molecule has 122 valence electrons. The Bertz CT molecular complexity index is 621. The number of amides is 1. The molecule has 2 heterocycles. The average molecular weight is 315 g/mol. The minimum Gasteiger partial charge on any atom is -0.493 e. The molecule has 0 aliphatic carbocycles. The molecule has 1 atom stereocenters. The number of nitrogens with zero attached hydrogens (tertiary/aromatic N) is 2. The van der Waals surface area contributed by atoms with Gasteiger partial charge >= 0.3 is 0 Å². The van der Waals surface area contributed by atoms with Gasteiger partial charge in [-0.05, 0) is 25.0 Å². The van der Waals surface area contributed by atoms with Gasteiger partial charge in [0.2, 0.25) is 5.91 Å². The molecular weight excluding hydrogens is 294 g/mol. The van der Waals surface area contributed by atoms with Crippen molar-refractivity contribution in [3.05, 3.63) is 42.7 Å². The van der Waals surface area contributed by atoms with E-state index in [4.69, 9.17) is 9.47 Å². The molecule has 1 N–H and O–H groups in total. The quantitative estimate of drug-likeness (QED) is 0.852. The van der Waals surface area contributed by atoms with Crippen LogP contribution >= 0.6 is 0 Å². The van der Waals surface area contributed by atoms with Crippen molar-refractivity contribution in [1.82, 2.24) is 9.78 Å². The molecule has 0 saturated carbocycles. The molecule has 1 aromatic carbocycles. The highest BCUT2D eigenvalue weighted by molar-refractivity contribution is 5.90. The normalized spacial score (nSPS) is 17.1. The van der Waals surface area contributed by atoms with Gasteiger partial charge in [-0.3, -0.25) is 9.48 Å². The van der Waals surface area contributed by atoms with E-state index in [0.717, 1.165) is 31.7 Å². The van der Waals surface area contributed by atoms with Crippen molar-refractivity contribution in [3.8, 4) is 5.75 Å². The summed E-state index contributed by atoms with van der Waals surface area (Å²) in [5, 5.41) is 7.08. The Balaban J connectivity index is 1.40. The van der Waals surface area contributed by atoms with Crippen molar-refractivity contribution < 1.29 is 14.3 Å². The second-order valence-corrected chi connectivity index (χ2v) is 5.55. The van der Waals surface area contributed by atoms with Crippen LogP contribution in [0.25, 0.3) is 0 Å². The van der Waals surface area contributed by atoms with Crippen LogP contribution in [-0.4, -0.2) is 35.0 Å². The number of rotatable bonds is 7. The molecule has 1 amide bonds. The third-order valence-corrected chi connectivity index (χ3v) is 3.67. The molecule has 3 rings (SSSR count). The molecule has 6 heteroatoms. The van der Waals surface area contributed by atoms with Gasteiger partial charge in [-0.25, -0.2) is 0 Å². The van der Waals surface area contributed by atoms with Gasteiger partial charge in [-0.1, -0.05) is 18.2 Å². The van der Waals surface area contributed by atoms with Crippen molar-refractivity contribution >= 4 is 11.6 Å². The summed E-state index contributed by atoms with van der Waals surface area (Å²) in [6.07, 6.45) is 6.20. The van der Waals surface area contributed by atoms with Gasteiger partial charge < -0.3 is 14.8 Å². The summed E-state index contributed by atoms with van der Waals surface area (Å²) in [6, 6.07) is 9.46. The second-order valence-electron chi connectivity index (χ2n) is 5.55. The smallest absolute Gasteiger partial charge is 0.227 e. The molecule has 1 aliphatic rings. The molecule has 1 fully saturated rings. The molecule has 1 saturated heterocycles. The SMILES string of the molecule is O=C(CCOc1ccccc1)Nc1cnn(C[C@@H]2CCCO2)c1. The number of anilines is 1. The predicted octanol–water partition coefficient (Wildman–Crippen LogP) is 2.47. The lowest BCUT2D eigenvalue weighted by atomic mass is 10.2. The number of nitrogens with one attached hydrogen (secondary N) is 1. The lowest BCUT2D eigenvalue weighted by molar-refractivity contribution is -0.116. The number of carbonyl (C=O) groups excluding carboxylic acids is 1. The first-order chi connectivity index (χ1) is 11.3. The first kappa shape index (κ1) is 15.6. The summed E-state index contributed by atoms with van der Waals surface area (Å²) in [4.78, 5) is 11.9. The van der Waals surface area contributed by atoms with Crippen LogP contribution in [0.2, 0.25) is 0 Å². The number of hydrogen-bond acceptors (Lipinski definition) is 4. The molecule has 23 heavy (non-hydrogen) atoms. The van der Waals surface area contributed by atoms with E-state index in [1.54, 1.807) is 6.20 Å². The lowest BCUT2D eigenvalue weighted by Gasteiger charge is -2.08. The molecule has 0 spiro atoms. The molecule has 2 aromatic rings. The zero-order valence-electron chi connectivity index (χ0n) is 13.0. The van der Waals surface area contributed by atoms with Gasteiger partial charge in [0.1, 0.15) is 5.75 Å². The fraction of sp³-hybridized carbons (Fsp3) is 0.412. The van der Waals surface area contributed by atoms with Crippen LogP contribution in [0.15, 0.2) is 42.7 Å². The second kappa shape index (κ2) is 7.78. The Hall–Kier alpha value is -2.34. The Morgan fingerprint density at radius 2 is 2.26 bits per heavy atom. The van der Waals surface area contributed by atoms with E-state index in [0.29, 0.717) is 18.7 Å². The van der Waals surface area contributed by atoms with Gasteiger partial charge in [-0.15, -0.1) is 0 Å². The predicted molar refractivity (Wildman–Crippen MR) is 86.4 cm³/mol. The maximum absolute atomic E-state index is 11.9. The number of para-hydroxylation sites is 1. The molecule has 1 aromatic heterocycles. The first-order valence-corrected chi connectivity index (χ1v) is 7.91. The summed E-state index contributed by atoms with van der Waals surface area (Å²) in [6.45, 7) is 1.91. The highest BCUT2D eigenvalue weighted by Gasteiger charge is 2.16. The topological polar surface area (TPSA) is 65.4 Å². The maximum Gasteiger partial charge on any atom is 0.227 e. The van der Waals surface area contributed by atoms with Gasteiger partial charge in [0.15, 0.2) is 0 Å². The summed E-state index contributed by atoms with van der Waals surface area (Å²) >= 11 is 0. The van der Waals surface area contributed by atoms with Crippen molar-refractivity contribution in [2.45, 2.75) is 31.9 Å². The van der Waals surface area contributed by atoms with Crippen molar-refractivity contribution in [3.63, 3.8) is 0 Å². The van der Waals surface area contributed by atoms with E-state index in [1.807, 2.05) is 41.2 Å². The highest BCUT2D eigenvalue weighted by atomic mass is 16.5. The number of aromatic nitrogens is 2. The Morgan fingerprint density at radius 1 is 1.39 bits per heavy atom. The van der Waals surface area contributed by atoms with E-state index in [-0.39, 0.29) is 12.0 Å². The zero-order chi connectivity index (χ0) is 15.9. The Morgan fingerprint density at radius 3 is 3.04 bits per heavy atom. The first-order valence-electron chi connectivity index (χ1n) is 7.91. The number of benzene rings is 1. The van der Waals surface area contributed by atoms with Crippen LogP contribution in [0.3, 0.4) is 0 Å². The monoisotopic (exact) mass is 315 g/mol. The van der Waals surface area contributed by atoms with E-state index in [2.05, 4.69) is 10.4 Å². The van der Waals surface area contributed by atoms with E-state index in [1.165, 1.54) is 0 Å². The summed E-state index contributed by atoms with van der Waals surface area (Å²) < 4.78 is 12.9. The molecule has 0 radical (unpaired) electrons. The standard InChI is InChI=1S/C17H21N3O3/c21-17(8-10-23-15-5-2-1-3-6-15)19-14-11-18-20(12-14)13-16-7-4-9-22-16/h1-3,5-6,11-12,16H,4,7-10,13H2,(H,19,21)/t16-/m0/s1. The van der Waals surface area contributed by atoms with Crippen molar-refractivity contribution in [2.75, 3.05) is 18.5 Å². The fourth-order valence-electron chi connectivity index (χ4n) is 2.53. The minimum absolute atomic E-state index is 0.0856. The van der Waals surface area contributed by atoms with Crippen LogP contribution in [0.5, 0.6) is 5.75 Å². The maximum atomic E-state index is 11.9. The van der Waals surface area contributed by atoms with Gasteiger partial charge in [0.05, 0.1) is 37.6 Å². The van der Waals surface area contributed by atoms with E-state index >= 15 is 0 Å². The van der Waals surface area contributed by atoms with Crippen molar-refractivity contribution in [2.24, 2.45) is 0 Å². The van der Waals surface area contributed by atoms with Gasteiger partial charge in [-0.2, -0.15) is 5.10 Å². The van der Waals surface area contributed by atoms with Crippen LogP contribution in [-0.2, 0) is 16.1 Å². The van der Waals surface area contributed by atoms with Crippen molar-refractivity contribution in [1.29, 1.82) is 0 Å². The summed E-state index contributed by atoms with van der Waals surface area (Å²) in [5.41, 5.74) is 0.702. The summed E-state index contributed by atoms with van der Waals surface area (Å²) in [5.74, 6) is 0.683. The highest BCUT2D eigenvalue weighted by Crippen LogP contribution is 2.15. The third-order valence-electron chi connectivity index (χ3n) is 3.67. The Labute approximate surface area is 135 Å². The van der Waals surface area contributed by atoms with E-state index in [9.17, 15) is 4.79 Å². The molecule has 1 aliphatic heterocycles. The third kappa shape index (κ3) is 4.82. The number of ether oxygens (including phenoxy) is 2. The summed E-state index contributed by atoms with van der Waals surface area (Å²) in [7, 11) is 0. The Kier molecular flexibility index (Phi) is 5.26. The van der Waals surface area contributed by atoms with E-state index < -0.39 is 0 Å². The van der Waals surface area contributed by atoms with Crippen LogP contribution in [0.4, 0.5) is 5.69 Å². The van der Waals surface area contributed by atoms with Crippen LogP contribution in [0.1, 0.15) is 19.3 Å². The minimum atomic E-state index is -0.0856. The van der Waals surface area contributed by atoms with Gasteiger partial charge in [0.25, 0.3) is 0 Å². The molecule has 0 unspecified atom stereocenters. The number of hydrogen-bond donors (Lipinski definition) is 1. The largest absolute Gasteiger partial charge is 0.493 e. The molecule has 6 nitrogen and oxygen atoms in total. The van der Waals surface area contributed by atoms with Gasteiger partial charge in [0, 0.05) is 12.8 Å². The lowest BCUT2D eigenvalue weighted by Crippen LogP contribution is -2.16. The average Bonchev–Trinajstić information content (AvgIpc) is 3.21. The fourth-order valence-corrected chi connectivity index (χ4v) is 2.53. The van der Waals surface area contributed by atoms with Crippen LogP contribution < -0.4 is 10.1 Å². The number of carbonyl (C=O) groups is 1. The molecule has 0 bridgehead atoms. The zero-order valence-corrected chi connectivity index (χ0v) is 13.0. The van der Waals surface area contributed by atoms with Crippen LogP contribution in [0, 0.1) is 0 Å².